The van der Waals surface area contributed by atoms with Crippen LogP contribution in [0.3, 0.4) is 0 Å². The van der Waals surface area contributed by atoms with Crippen molar-refractivity contribution in [2.75, 3.05) is 20.1 Å². The van der Waals surface area contributed by atoms with E-state index in [9.17, 15) is 4.79 Å². The molecule has 0 radical (unpaired) electrons. The second-order valence-electron chi connectivity index (χ2n) is 4.74. The Morgan fingerprint density at radius 2 is 1.88 bits per heavy atom. The first-order valence-corrected chi connectivity index (χ1v) is 6.55. The van der Waals surface area contributed by atoms with Gasteiger partial charge in [0.1, 0.15) is 0 Å². The van der Waals surface area contributed by atoms with Crippen molar-refractivity contribution in [1.29, 1.82) is 0 Å². The van der Waals surface area contributed by atoms with Crippen molar-refractivity contribution in [3.63, 3.8) is 0 Å². The molecule has 3 heteroatoms. The smallest absolute Gasteiger partial charge is 0.223 e. The summed E-state index contributed by atoms with van der Waals surface area (Å²) in [5.74, 6) is 0.858. The molecule has 1 atom stereocenters. The number of nitrogens with one attached hydrogen (secondary N) is 2. The number of amides is 1. The minimum absolute atomic E-state index is 0.184. The minimum Gasteiger partial charge on any atom is -0.356 e. The van der Waals surface area contributed by atoms with Crippen LogP contribution in [0.5, 0.6) is 0 Å². The lowest BCUT2D eigenvalue weighted by Gasteiger charge is -2.20. The van der Waals surface area contributed by atoms with Crippen molar-refractivity contribution in [3.05, 3.63) is 0 Å². The fourth-order valence-electron chi connectivity index (χ4n) is 1.81. The molecule has 0 aliphatic rings. The van der Waals surface area contributed by atoms with Crippen LogP contribution in [0.15, 0.2) is 0 Å². The SMILES string of the molecule is CCCNC(=O)C(CCCCNC)C(C)C. The van der Waals surface area contributed by atoms with Crippen LogP contribution in [0.1, 0.15) is 46.5 Å². The Labute approximate surface area is 100 Å². The summed E-state index contributed by atoms with van der Waals surface area (Å²) in [7, 11) is 1.97. The van der Waals surface area contributed by atoms with Gasteiger partial charge in [0.15, 0.2) is 0 Å². The van der Waals surface area contributed by atoms with Gasteiger partial charge in [0.2, 0.25) is 5.91 Å². The van der Waals surface area contributed by atoms with Crippen molar-refractivity contribution in [2.24, 2.45) is 11.8 Å². The topological polar surface area (TPSA) is 41.1 Å². The van der Waals surface area contributed by atoms with Gasteiger partial charge < -0.3 is 10.6 Å². The van der Waals surface area contributed by atoms with E-state index in [0.29, 0.717) is 5.92 Å². The van der Waals surface area contributed by atoms with Crippen molar-refractivity contribution in [2.45, 2.75) is 46.5 Å². The van der Waals surface area contributed by atoms with Gasteiger partial charge in [-0.1, -0.05) is 27.2 Å². The quantitative estimate of drug-likeness (QED) is 0.594. The molecule has 0 bridgehead atoms. The molecule has 3 nitrogen and oxygen atoms in total. The number of hydrogen-bond acceptors (Lipinski definition) is 2. The highest BCUT2D eigenvalue weighted by Crippen LogP contribution is 2.18. The summed E-state index contributed by atoms with van der Waals surface area (Å²) in [4.78, 5) is 11.9. The van der Waals surface area contributed by atoms with Crippen LogP contribution in [0.4, 0.5) is 0 Å². The third kappa shape index (κ3) is 6.83. The number of carbonyl (C=O) groups is 1. The Hall–Kier alpha value is -0.570. The molecule has 0 spiro atoms. The van der Waals surface area contributed by atoms with Gasteiger partial charge in [-0.25, -0.2) is 0 Å². The molecule has 2 N–H and O–H groups in total. The zero-order valence-corrected chi connectivity index (χ0v) is 11.3. The predicted molar refractivity (Wildman–Crippen MR) is 69.4 cm³/mol. The summed E-state index contributed by atoms with van der Waals surface area (Å²) in [6, 6.07) is 0. The second kappa shape index (κ2) is 9.64. The first-order chi connectivity index (χ1) is 7.63. The van der Waals surface area contributed by atoms with Gasteiger partial charge in [-0.3, -0.25) is 4.79 Å². The summed E-state index contributed by atoms with van der Waals surface area (Å²) in [6.45, 7) is 8.19. The summed E-state index contributed by atoms with van der Waals surface area (Å²) < 4.78 is 0. The van der Waals surface area contributed by atoms with Crippen LogP contribution in [0.25, 0.3) is 0 Å². The minimum atomic E-state index is 0.184. The van der Waals surface area contributed by atoms with Crippen LogP contribution < -0.4 is 10.6 Å². The Kier molecular flexibility index (Phi) is 9.30. The Balaban J connectivity index is 3.91. The largest absolute Gasteiger partial charge is 0.356 e. The van der Waals surface area contributed by atoms with Crippen LogP contribution in [-0.4, -0.2) is 26.0 Å². The Bertz CT molecular complexity index is 181. The molecule has 0 saturated heterocycles. The van der Waals surface area contributed by atoms with Gasteiger partial charge >= 0.3 is 0 Å². The molecule has 16 heavy (non-hydrogen) atoms. The summed E-state index contributed by atoms with van der Waals surface area (Å²) >= 11 is 0. The van der Waals surface area contributed by atoms with Gasteiger partial charge in [-0.05, 0) is 38.8 Å². The van der Waals surface area contributed by atoms with E-state index in [2.05, 4.69) is 31.4 Å². The zero-order valence-electron chi connectivity index (χ0n) is 11.3. The first-order valence-electron chi connectivity index (χ1n) is 6.55. The molecule has 1 amide bonds. The van der Waals surface area contributed by atoms with Crippen molar-refractivity contribution in [3.8, 4) is 0 Å². The van der Waals surface area contributed by atoms with E-state index in [1.54, 1.807) is 0 Å². The molecule has 0 heterocycles. The molecule has 0 aromatic heterocycles. The Morgan fingerprint density at radius 1 is 1.19 bits per heavy atom. The molecule has 0 aliphatic heterocycles. The van der Waals surface area contributed by atoms with E-state index in [0.717, 1.165) is 38.8 Å². The molecule has 96 valence electrons. The molecular weight excluding hydrogens is 200 g/mol. The van der Waals surface area contributed by atoms with Crippen LogP contribution in [0.2, 0.25) is 0 Å². The van der Waals surface area contributed by atoms with Crippen molar-refractivity contribution >= 4 is 5.91 Å². The van der Waals surface area contributed by atoms with E-state index < -0.39 is 0 Å². The highest BCUT2D eigenvalue weighted by Gasteiger charge is 2.20. The summed E-state index contributed by atoms with van der Waals surface area (Å²) in [5, 5.41) is 6.13. The van der Waals surface area contributed by atoms with Gasteiger partial charge in [-0.2, -0.15) is 0 Å². The third-order valence-corrected chi connectivity index (χ3v) is 2.88. The van der Waals surface area contributed by atoms with Crippen LogP contribution in [-0.2, 0) is 4.79 Å². The highest BCUT2D eigenvalue weighted by molar-refractivity contribution is 5.78. The predicted octanol–water partition coefficient (Wildman–Crippen LogP) is 2.17. The fourth-order valence-corrected chi connectivity index (χ4v) is 1.81. The summed E-state index contributed by atoms with van der Waals surface area (Å²) in [6.07, 6.45) is 4.30. The number of carbonyl (C=O) groups excluding carboxylic acids is 1. The molecule has 0 fully saturated rings. The summed E-state index contributed by atoms with van der Waals surface area (Å²) in [5.41, 5.74) is 0. The van der Waals surface area contributed by atoms with E-state index in [4.69, 9.17) is 0 Å². The average molecular weight is 228 g/mol. The lowest BCUT2D eigenvalue weighted by molar-refractivity contribution is -0.126. The second-order valence-corrected chi connectivity index (χ2v) is 4.74. The lowest BCUT2D eigenvalue weighted by Crippen LogP contribution is -2.34. The van der Waals surface area contributed by atoms with E-state index in [-0.39, 0.29) is 11.8 Å². The van der Waals surface area contributed by atoms with Crippen molar-refractivity contribution < 1.29 is 4.79 Å². The molecule has 0 aromatic rings. The maximum absolute atomic E-state index is 11.9. The third-order valence-electron chi connectivity index (χ3n) is 2.88. The maximum Gasteiger partial charge on any atom is 0.223 e. The van der Waals surface area contributed by atoms with E-state index in [1.807, 2.05) is 7.05 Å². The van der Waals surface area contributed by atoms with Crippen LogP contribution >= 0.6 is 0 Å². The maximum atomic E-state index is 11.9. The molecular formula is C13H28N2O. The van der Waals surface area contributed by atoms with E-state index in [1.165, 1.54) is 0 Å². The lowest BCUT2D eigenvalue weighted by atomic mass is 9.89. The molecule has 0 saturated carbocycles. The number of hydrogen-bond donors (Lipinski definition) is 2. The zero-order chi connectivity index (χ0) is 12.4. The molecule has 0 aromatic carbocycles. The highest BCUT2D eigenvalue weighted by atomic mass is 16.1. The monoisotopic (exact) mass is 228 g/mol. The van der Waals surface area contributed by atoms with E-state index >= 15 is 0 Å². The van der Waals surface area contributed by atoms with Crippen molar-refractivity contribution in [1.82, 2.24) is 10.6 Å². The van der Waals surface area contributed by atoms with Crippen LogP contribution in [0, 0.1) is 11.8 Å². The van der Waals surface area contributed by atoms with Gasteiger partial charge in [0.25, 0.3) is 0 Å². The van der Waals surface area contributed by atoms with Gasteiger partial charge in [0, 0.05) is 12.5 Å². The fraction of sp³-hybridized carbons (Fsp3) is 0.923. The van der Waals surface area contributed by atoms with Gasteiger partial charge in [-0.15, -0.1) is 0 Å². The molecule has 1 unspecified atom stereocenters. The normalized spacial score (nSPS) is 12.8. The standard InChI is InChI=1S/C13H28N2O/c1-5-9-15-13(16)12(11(2)3)8-6-7-10-14-4/h11-12,14H,5-10H2,1-4H3,(H,15,16). The first kappa shape index (κ1) is 15.4. The number of unbranched alkanes of at least 4 members (excludes halogenated alkanes) is 1. The Morgan fingerprint density at radius 3 is 2.38 bits per heavy atom. The average Bonchev–Trinajstić information content (AvgIpc) is 2.25. The molecule has 0 rings (SSSR count). The van der Waals surface area contributed by atoms with Gasteiger partial charge in [0.05, 0.1) is 0 Å². The molecule has 0 aliphatic carbocycles. The number of rotatable bonds is 9.